The van der Waals surface area contributed by atoms with Gasteiger partial charge in [-0.2, -0.15) is 18.4 Å². The molecular weight excluding hydrogens is 359 g/mol. The van der Waals surface area contributed by atoms with Crippen LogP contribution in [0.4, 0.5) is 13.2 Å². The van der Waals surface area contributed by atoms with E-state index in [9.17, 15) is 13.2 Å². The van der Waals surface area contributed by atoms with E-state index < -0.39 is 17.8 Å². The van der Waals surface area contributed by atoms with Gasteiger partial charge in [0.1, 0.15) is 29.4 Å². The second-order valence-electron chi connectivity index (χ2n) is 5.13. The van der Waals surface area contributed by atoms with Gasteiger partial charge in [0.05, 0.1) is 22.8 Å². The number of halogens is 4. The zero-order chi connectivity index (χ0) is 18.6. The van der Waals surface area contributed by atoms with Gasteiger partial charge in [0.15, 0.2) is 0 Å². The number of hydrogen-bond acceptors (Lipinski definition) is 4. The maximum atomic E-state index is 12.7. The van der Waals surface area contributed by atoms with Crippen molar-refractivity contribution < 1.29 is 27.8 Å². The van der Waals surface area contributed by atoms with Crippen LogP contribution in [0.2, 0.25) is 5.02 Å². The Hall–Kier alpha value is -2.43. The Morgan fingerprint density at radius 1 is 1.20 bits per heavy atom. The zero-order valence-electron chi connectivity index (χ0n) is 13.0. The molecule has 1 N–H and O–H groups in total. The van der Waals surface area contributed by atoms with Crippen LogP contribution in [0.3, 0.4) is 0 Å². The van der Waals surface area contributed by atoms with Crippen LogP contribution in [0.15, 0.2) is 36.4 Å². The molecule has 0 heterocycles. The number of hydrogen-bond donors (Lipinski definition) is 1. The van der Waals surface area contributed by atoms with Crippen LogP contribution in [0.25, 0.3) is 0 Å². The summed E-state index contributed by atoms with van der Waals surface area (Å²) < 4.78 is 49.0. The van der Waals surface area contributed by atoms with Gasteiger partial charge in [0.2, 0.25) is 0 Å². The van der Waals surface area contributed by atoms with Gasteiger partial charge in [0, 0.05) is 6.07 Å². The minimum absolute atomic E-state index is 0.0287. The summed E-state index contributed by atoms with van der Waals surface area (Å²) >= 11 is 5.99. The molecule has 0 bridgehead atoms. The minimum atomic E-state index is -4.55. The number of nitrogens with zero attached hydrogens (tertiary/aromatic N) is 1. The standard InChI is InChI=1S/C17H13ClF3NO3/c1-10(9-23)24-16-7-13(3-4-14(16)18)25-15-5-2-12(17(19,20)21)6-11(15)8-22/h2-7,10,23H,9H2,1H3. The number of rotatable bonds is 5. The molecule has 132 valence electrons. The minimum Gasteiger partial charge on any atom is -0.487 e. The zero-order valence-corrected chi connectivity index (χ0v) is 13.7. The molecule has 1 atom stereocenters. The molecule has 1 unspecified atom stereocenters. The molecule has 0 spiro atoms. The van der Waals surface area contributed by atoms with Crippen molar-refractivity contribution in [3.05, 3.63) is 52.5 Å². The molecule has 0 aliphatic heterocycles. The molecule has 4 nitrogen and oxygen atoms in total. The normalized spacial score (nSPS) is 12.4. The van der Waals surface area contributed by atoms with Gasteiger partial charge < -0.3 is 14.6 Å². The van der Waals surface area contributed by atoms with E-state index in [1.807, 2.05) is 0 Å². The predicted molar refractivity (Wildman–Crippen MR) is 84.9 cm³/mol. The van der Waals surface area contributed by atoms with Gasteiger partial charge in [-0.05, 0) is 37.3 Å². The lowest BCUT2D eigenvalue weighted by Gasteiger charge is -2.15. The van der Waals surface area contributed by atoms with Gasteiger partial charge in [-0.25, -0.2) is 0 Å². The third-order valence-electron chi connectivity index (χ3n) is 3.14. The highest BCUT2D eigenvalue weighted by atomic mass is 35.5. The molecule has 0 saturated carbocycles. The Morgan fingerprint density at radius 3 is 2.52 bits per heavy atom. The number of alkyl halides is 3. The van der Waals surface area contributed by atoms with Gasteiger partial charge in [-0.15, -0.1) is 0 Å². The topological polar surface area (TPSA) is 62.5 Å². The van der Waals surface area contributed by atoms with Crippen LogP contribution in [-0.4, -0.2) is 17.8 Å². The summed E-state index contributed by atoms with van der Waals surface area (Å²) in [6.45, 7) is 1.41. The molecule has 25 heavy (non-hydrogen) atoms. The van der Waals surface area contributed by atoms with Crippen LogP contribution in [0.1, 0.15) is 18.1 Å². The van der Waals surface area contributed by atoms with Gasteiger partial charge in [-0.3, -0.25) is 0 Å². The lowest BCUT2D eigenvalue weighted by atomic mass is 10.1. The molecule has 0 aromatic heterocycles. The third-order valence-corrected chi connectivity index (χ3v) is 3.46. The van der Waals surface area contributed by atoms with Crippen molar-refractivity contribution in [1.29, 1.82) is 5.26 Å². The van der Waals surface area contributed by atoms with Crippen LogP contribution in [0.5, 0.6) is 17.2 Å². The van der Waals surface area contributed by atoms with Crippen molar-refractivity contribution in [1.82, 2.24) is 0 Å². The molecule has 8 heteroatoms. The molecule has 0 aliphatic rings. The van der Waals surface area contributed by atoms with Gasteiger partial charge in [-0.1, -0.05) is 11.6 Å². The summed E-state index contributed by atoms with van der Waals surface area (Å²) in [6.07, 6.45) is -5.06. The summed E-state index contributed by atoms with van der Waals surface area (Å²) in [5.74, 6) is 0.436. The first kappa shape index (κ1) is 18.9. The summed E-state index contributed by atoms with van der Waals surface area (Å²) in [5, 5.41) is 18.4. The Morgan fingerprint density at radius 2 is 1.92 bits per heavy atom. The molecule has 0 radical (unpaired) electrons. The second kappa shape index (κ2) is 7.64. The van der Waals surface area contributed by atoms with E-state index in [0.717, 1.165) is 18.2 Å². The first-order valence-corrected chi connectivity index (χ1v) is 7.48. The molecule has 0 saturated heterocycles. The highest BCUT2D eigenvalue weighted by Crippen LogP contribution is 2.36. The van der Waals surface area contributed by atoms with Crippen LogP contribution in [-0.2, 0) is 6.18 Å². The van der Waals surface area contributed by atoms with Crippen molar-refractivity contribution in [2.45, 2.75) is 19.2 Å². The highest BCUT2D eigenvalue weighted by molar-refractivity contribution is 6.32. The van der Waals surface area contributed by atoms with E-state index in [4.69, 9.17) is 31.4 Å². The number of ether oxygens (including phenoxy) is 2. The first-order chi connectivity index (χ1) is 11.7. The molecule has 2 rings (SSSR count). The SMILES string of the molecule is CC(CO)Oc1cc(Oc2ccc(C(F)(F)F)cc2C#N)ccc1Cl. The fourth-order valence-corrected chi connectivity index (χ4v) is 2.06. The third kappa shape index (κ3) is 4.78. The van der Waals surface area contributed by atoms with Crippen molar-refractivity contribution in [3.63, 3.8) is 0 Å². The molecular formula is C17H13ClF3NO3. The summed E-state index contributed by atoms with van der Waals surface area (Å²) in [6, 6.07) is 8.69. The molecule has 0 aliphatic carbocycles. The smallest absolute Gasteiger partial charge is 0.416 e. The van der Waals surface area contributed by atoms with Gasteiger partial charge >= 0.3 is 6.18 Å². The second-order valence-corrected chi connectivity index (χ2v) is 5.53. The van der Waals surface area contributed by atoms with Crippen molar-refractivity contribution in [2.75, 3.05) is 6.61 Å². The number of nitriles is 1. The molecule has 0 fully saturated rings. The molecule has 0 amide bonds. The largest absolute Gasteiger partial charge is 0.487 e. The molecule has 2 aromatic rings. The Labute approximate surface area is 147 Å². The van der Waals surface area contributed by atoms with Crippen molar-refractivity contribution in [2.24, 2.45) is 0 Å². The maximum Gasteiger partial charge on any atom is 0.416 e. The van der Waals surface area contributed by atoms with Crippen molar-refractivity contribution >= 4 is 11.6 Å². The lowest BCUT2D eigenvalue weighted by Crippen LogP contribution is -2.16. The van der Waals surface area contributed by atoms with Crippen molar-refractivity contribution in [3.8, 4) is 23.3 Å². The fraction of sp³-hybridized carbons (Fsp3) is 0.235. The van der Waals surface area contributed by atoms with E-state index in [-0.39, 0.29) is 34.4 Å². The van der Waals surface area contributed by atoms with E-state index in [1.165, 1.54) is 18.2 Å². The highest BCUT2D eigenvalue weighted by Gasteiger charge is 2.31. The fourth-order valence-electron chi connectivity index (χ4n) is 1.90. The van der Waals surface area contributed by atoms with E-state index in [1.54, 1.807) is 13.0 Å². The molecule has 2 aromatic carbocycles. The number of benzene rings is 2. The summed E-state index contributed by atoms with van der Waals surface area (Å²) in [7, 11) is 0. The Kier molecular flexibility index (Phi) is 5.77. The first-order valence-electron chi connectivity index (χ1n) is 7.11. The predicted octanol–water partition coefficient (Wildman–Crippen LogP) is 4.78. The van der Waals surface area contributed by atoms with Crippen LogP contribution < -0.4 is 9.47 Å². The Bertz CT molecular complexity index is 803. The maximum absolute atomic E-state index is 12.7. The number of aliphatic hydroxyl groups is 1. The van der Waals surface area contributed by atoms with Crippen LogP contribution >= 0.6 is 11.6 Å². The summed E-state index contributed by atoms with van der Waals surface area (Å²) in [4.78, 5) is 0. The van der Waals surface area contributed by atoms with Crippen LogP contribution in [0, 0.1) is 11.3 Å². The monoisotopic (exact) mass is 371 g/mol. The Balaban J connectivity index is 2.31. The van der Waals surface area contributed by atoms with E-state index in [0.29, 0.717) is 0 Å². The average molecular weight is 372 g/mol. The summed E-state index contributed by atoms with van der Waals surface area (Å²) in [5.41, 5.74) is -1.19. The quantitative estimate of drug-likeness (QED) is 0.821. The van der Waals surface area contributed by atoms with E-state index in [2.05, 4.69) is 0 Å². The average Bonchev–Trinajstić information content (AvgIpc) is 2.57. The number of aliphatic hydroxyl groups excluding tert-OH is 1. The van der Waals surface area contributed by atoms with E-state index >= 15 is 0 Å². The van der Waals surface area contributed by atoms with Gasteiger partial charge in [0.25, 0.3) is 0 Å². The lowest BCUT2D eigenvalue weighted by molar-refractivity contribution is -0.137.